The van der Waals surface area contributed by atoms with E-state index in [-0.39, 0.29) is 12.2 Å². The second kappa shape index (κ2) is 4.52. The number of rotatable bonds is 2. The van der Waals surface area contributed by atoms with Crippen LogP contribution < -0.4 is 4.74 Å². The quantitative estimate of drug-likeness (QED) is 0.883. The van der Waals surface area contributed by atoms with Gasteiger partial charge in [-0.05, 0) is 31.0 Å². The van der Waals surface area contributed by atoms with Gasteiger partial charge in [0.2, 0.25) is 0 Å². The van der Waals surface area contributed by atoms with Gasteiger partial charge in [-0.3, -0.25) is 0 Å². The largest absolute Gasteiger partial charge is 0.497 e. The normalized spacial score (nSPS) is 32.9. The number of hydrogen-bond donors (Lipinski definition) is 1. The van der Waals surface area contributed by atoms with Crippen LogP contribution >= 0.6 is 0 Å². The highest BCUT2D eigenvalue weighted by atomic mass is 16.5. The molecule has 1 aromatic rings. The summed E-state index contributed by atoms with van der Waals surface area (Å²) in [4.78, 5) is 0. The number of ether oxygens (including phenoxy) is 2. The van der Waals surface area contributed by atoms with Crippen molar-refractivity contribution in [3.05, 3.63) is 29.3 Å². The molecule has 1 N–H and O–H groups in total. The summed E-state index contributed by atoms with van der Waals surface area (Å²) < 4.78 is 11.0. The molecule has 3 rings (SSSR count). The van der Waals surface area contributed by atoms with E-state index in [1.807, 2.05) is 0 Å². The van der Waals surface area contributed by atoms with Crippen molar-refractivity contribution in [1.82, 2.24) is 0 Å². The maximum Gasteiger partial charge on any atom is 0.119 e. The molecule has 2 fully saturated rings. The van der Waals surface area contributed by atoms with Crippen molar-refractivity contribution in [2.45, 2.75) is 43.5 Å². The average Bonchev–Trinajstić information content (AvgIpc) is 2.77. The molecule has 2 aliphatic rings. The highest BCUT2D eigenvalue weighted by Gasteiger charge is 2.45. The predicted octanol–water partition coefficient (Wildman–Crippen LogP) is 2.10. The van der Waals surface area contributed by atoms with E-state index in [0.29, 0.717) is 29.7 Å². The maximum atomic E-state index is 11.0. The fourth-order valence-electron chi connectivity index (χ4n) is 3.27. The Hall–Kier alpha value is -1.57. The molecule has 1 aromatic carbocycles. The third kappa shape index (κ3) is 2.09. The van der Waals surface area contributed by atoms with Crippen molar-refractivity contribution in [2.24, 2.45) is 0 Å². The molecule has 2 bridgehead atoms. The molecular formula is C15H17NO3. The Kier molecular flexibility index (Phi) is 2.96. The van der Waals surface area contributed by atoms with Gasteiger partial charge in [-0.1, -0.05) is 0 Å². The zero-order valence-corrected chi connectivity index (χ0v) is 10.9. The minimum absolute atomic E-state index is 0.112. The van der Waals surface area contributed by atoms with Crippen LogP contribution in [0.15, 0.2) is 18.2 Å². The van der Waals surface area contributed by atoms with Gasteiger partial charge in [-0.2, -0.15) is 5.26 Å². The van der Waals surface area contributed by atoms with Crippen molar-refractivity contribution >= 4 is 0 Å². The fraction of sp³-hybridized carbons (Fsp3) is 0.533. The molecule has 4 heteroatoms. The van der Waals surface area contributed by atoms with E-state index >= 15 is 0 Å². The molecule has 0 aromatic heterocycles. The summed E-state index contributed by atoms with van der Waals surface area (Å²) in [6, 6.07) is 7.41. The Bertz CT molecular complexity index is 523. The Labute approximate surface area is 112 Å². The molecule has 2 aliphatic heterocycles. The SMILES string of the molecule is COc1ccc(C#N)c(C2(O)CC3CCC(C2)O3)c1. The van der Waals surface area contributed by atoms with E-state index in [4.69, 9.17) is 9.47 Å². The molecular weight excluding hydrogens is 242 g/mol. The topological polar surface area (TPSA) is 62.5 Å². The first-order chi connectivity index (χ1) is 9.14. The number of benzene rings is 1. The van der Waals surface area contributed by atoms with Crippen LogP contribution in [0.25, 0.3) is 0 Å². The molecule has 100 valence electrons. The predicted molar refractivity (Wildman–Crippen MR) is 68.7 cm³/mol. The first-order valence-electron chi connectivity index (χ1n) is 6.61. The maximum absolute atomic E-state index is 11.0. The molecule has 0 amide bonds. The second-order valence-corrected chi connectivity index (χ2v) is 5.42. The lowest BCUT2D eigenvalue weighted by Gasteiger charge is -2.37. The van der Waals surface area contributed by atoms with Crippen molar-refractivity contribution in [1.29, 1.82) is 5.26 Å². The summed E-state index contributed by atoms with van der Waals surface area (Å²) in [5, 5.41) is 20.2. The first kappa shape index (κ1) is 12.5. The van der Waals surface area contributed by atoms with E-state index in [9.17, 15) is 10.4 Å². The molecule has 2 atom stereocenters. The van der Waals surface area contributed by atoms with Crippen LogP contribution in [0, 0.1) is 11.3 Å². The first-order valence-corrected chi connectivity index (χ1v) is 6.61. The van der Waals surface area contributed by atoms with Crippen molar-refractivity contribution < 1.29 is 14.6 Å². The molecule has 19 heavy (non-hydrogen) atoms. The minimum Gasteiger partial charge on any atom is -0.497 e. The van der Waals surface area contributed by atoms with Crippen LogP contribution in [0.1, 0.15) is 36.8 Å². The summed E-state index contributed by atoms with van der Waals surface area (Å²) in [6.45, 7) is 0. The van der Waals surface area contributed by atoms with Gasteiger partial charge in [0.1, 0.15) is 5.75 Å². The number of aliphatic hydroxyl groups is 1. The summed E-state index contributed by atoms with van der Waals surface area (Å²) in [7, 11) is 1.59. The number of nitrogens with zero attached hydrogens (tertiary/aromatic N) is 1. The molecule has 2 heterocycles. The number of nitriles is 1. The van der Waals surface area contributed by atoms with E-state index in [2.05, 4.69) is 6.07 Å². The Balaban J connectivity index is 2.03. The van der Waals surface area contributed by atoms with Crippen LogP contribution in [0.4, 0.5) is 0 Å². The fourth-order valence-corrected chi connectivity index (χ4v) is 3.27. The van der Waals surface area contributed by atoms with Crippen molar-refractivity contribution in [3.63, 3.8) is 0 Å². The van der Waals surface area contributed by atoms with E-state index in [1.54, 1.807) is 25.3 Å². The summed E-state index contributed by atoms with van der Waals surface area (Å²) >= 11 is 0. The van der Waals surface area contributed by atoms with Gasteiger partial charge in [0, 0.05) is 18.4 Å². The zero-order chi connectivity index (χ0) is 13.5. The molecule has 4 nitrogen and oxygen atoms in total. The minimum atomic E-state index is -0.969. The monoisotopic (exact) mass is 259 g/mol. The van der Waals surface area contributed by atoms with E-state index in [0.717, 1.165) is 12.8 Å². The summed E-state index contributed by atoms with van der Waals surface area (Å²) in [6.07, 6.45) is 3.34. The third-order valence-corrected chi connectivity index (χ3v) is 4.17. The zero-order valence-electron chi connectivity index (χ0n) is 10.9. The number of fused-ring (bicyclic) bond motifs is 2. The standard InChI is InChI=1S/C15H17NO3/c1-18-11-3-2-10(9-16)14(6-11)15(17)7-12-4-5-13(8-15)19-12/h2-3,6,12-13,17H,4-5,7-8H2,1H3. The van der Waals surface area contributed by atoms with Gasteiger partial charge >= 0.3 is 0 Å². The lowest BCUT2D eigenvalue weighted by atomic mass is 9.81. The highest BCUT2D eigenvalue weighted by molar-refractivity contribution is 5.46. The smallest absolute Gasteiger partial charge is 0.119 e. The van der Waals surface area contributed by atoms with Gasteiger partial charge in [-0.15, -0.1) is 0 Å². The molecule has 2 saturated heterocycles. The third-order valence-electron chi connectivity index (χ3n) is 4.17. The number of methoxy groups -OCH3 is 1. The number of hydrogen-bond acceptors (Lipinski definition) is 4. The Morgan fingerprint density at radius 2 is 2.05 bits per heavy atom. The van der Waals surface area contributed by atoms with Crippen LogP contribution in [0.3, 0.4) is 0 Å². The van der Waals surface area contributed by atoms with Crippen LogP contribution in [0.2, 0.25) is 0 Å². The summed E-state index contributed by atoms with van der Waals surface area (Å²) in [5.41, 5.74) is 0.225. The highest BCUT2D eigenvalue weighted by Crippen LogP contribution is 2.45. The van der Waals surface area contributed by atoms with Crippen molar-refractivity contribution in [2.75, 3.05) is 7.11 Å². The molecule has 0 aliphatic carbocycles. The van der Waals surface area contributed by atoms with Crippen LogP contribution in [-0.2, 0) is 10.3 Å². The van der Waals surface area contributed by atoms with Crippen LogP contribution in [0.5, 0.6) is 5.75 Å². The van der Waals surface area contributed by atoms with E-state index in [1.165, 1.54) is 0 Å². The summed E-state index contributed by atoms with van der Waals surface area (Å²) in [5.74, 6) is 0.668. The van der Waals surface area contributed by atoms with Crippen LogP contribution in [-0.4, -0.2) is 24.4 Å². The van der Waals surface area contributed by atoms with E-state index < -0.39 is 5.60 Å². The van der Waals surface area contributed by atoms with Gasteiger partial charge < -0.3 is 14.6 Å². The molecule has 0 radical (unpaired) electrons. The van der Waals surface area contributed by atoms with Gasteiger partial charge in [-0.25, -0.2) is 0 Å². The average molecular weight is 259 g/mol. The molecule has 0 saturated carbocycles. The van der Waals surface area contributed by atoms with Gasteiger partial charge in [0.05, 0.1) is 36.6 Å². The van der Waals surface area contributed by atoms with Gasteiger partial charge in [0.25, 0.3) is 0 Å². The lowest BCUT2D eigenvalue weighted by Crippen LogP contribution is -2.39. The van der Waals surface area contributed by atoms with Crippen molar-refractivity contribution in [3.8, 4) is 11.8 Å². The van der Waals surface area contributed by atoms with Gasteiger partial charge in [0.15, 0.2) is 0 Å². The lowest BCUT2D eigenvalue weighted by molar-refractivity contribution is -0.115. The molecule has 0 spiro atoms. The Morgan fingerprint density at radius 1 is 1.37 bits per heavy atom. The molecule has 2 unspecified atom stereocenters. The Morgan fingerprint density at radius 3 is 2.63 bits per heavy atom. The second-order valence-electron chi connectivity index (χ2n) is 5.42.